The molecule has 6 nitrogen and oxygen atoms in total. The van der Waals surface area contributed by atoms with E-state index in [4.69, 9.17) is 0 Å². The number of benzene rings is 2. The number of hydrogen-bond donors (Lipinski definition) is 1. The molecule has 1 heterocycles. The number of hydrogen-bond acceptors (Lipinski definition) is 4. The first-order valence-corrected chi connectivity index (χ1v) is 11.2. The Morgan fingerprint density at radius 3 is 2.19 bits per heavy atom. The lowest BCUT2D eigenvalue weighted by molar-refractivity contribution is -0.137. The van der Waals surface area contributed by atoms with Crippen LogP contribution < -0.4 is 5.32 Å². The highest BCUT2D eigenvalue weighted by molar-refractivity contribution is 7.89. The van der Waals surface area contributed by atoms with E-state index >= 15 is 0 Å². The number of aryl methyl sites for hydroxylation is 1. The van der Waals surface area contributed by atoms with Crippen LogP contribution in [0.2, 0.25) is 0 Å². The molecule has 1 N–H and O–H groups in total. The molecule has 2 aromatic rings. The number of amides is 1. The Bertz CT molecular complexity index is 1050. The number of carbonyl (C=O) groups excluding carboxylic acids is 1. The van der Waals surface area contributed by atoms with Crippen molar-refractivity contribution in [3.05, 3.63) is 59.2 Å². The molecule has 2 aromatic carbocycles. The number of anilines is 1. The lowest BCUT2D eigenvalue weighted by Gasteiger charge is -2.33. The van der Waals surface area contributed by atoms with E-state index in [0.29, 0.717) is 13.1 Å². The van der Waals surface area contributed by atoms with Gasteiger partial charge in [-0.25, -0.2) is 8.42 Å². The fourth-order valence-corrected chi connectivity index (χ4v) is 4.79. The molecule has 0 bridgehead atoms. The lowest BCUT2D eigenvalue weighted by Crippen LogP contribution is -2.50. The van der Waals surface area contributed by atoms with Gasteiger partial charge in [0, 0.05) is 31.9 Å². The Balaban J connectivity index is 1.57. The maximum atomic E-state index is 12.7. The minimum atomic E-state index is -4.52. The van der Waals surface area contributed by atoms with Crippen molar-refractivity contribution in [2.45, 2.75) is 24.9 Å². The molecule has 1 amide bonds. The fourth-order valence-electron chi connectivity index (χ4n) is 3.37. The predicted molar refractivity (Wildman–Crippen MR) is 111 cm³/mol. The second-order valence-corrected chi connectivity index (χ2v) is 9.44. The fraction of sp³-hybridized carbons (Fsp3) is 0.381. The van der Waals surface area contributed by atoms with E-state index in [0.717, 1.165) is 41.1 Å². The zero-order valence-corrected chi connectivity index (χ0v) is 18.1. The molecule has 0 radical (unpaired) electrons. The molecule has 1 fully saturated rings. The van der Waals surface area contributed by atoms with Crippen molar-refractivity contribution in [3.8, 4) is 0 Å². The van der Waals surface area contributed by atoms with Crippen LogP contribution in [-0.4, -0.2) is 56.3 Å². The lowest BCUT2D eigenvalue weighted by atomic mass is 10.1. The molecular formula is C21H24F3N3O3S. The summed E-state index contributed by atoms with van der Waals surface area (Å²) in [6.45, 7) is 5.01. The number of halogens is 3. The van der Waals surface area contributed by atoms with Crippen LogP contribution in [-0.2, 0) is 21.0 Å². The molecule has 0 aliphatic carbocycles. The first-order chi connectivity index (χ1) is 14.5. The van der Waals surface area contributed by atoms with Crippen molar-refractivity contribution in [3.63, 3.8) is 0 Å². The molecule has 0 aromatic heterocycles. The van der Waals surface area contributed by atoms with Crippen LogP contribution >= 0.6 is 0 Å². The summed E-state index contributed by atoms with van der Waals surface area (Å²) >= 11 is 0. The predicted octanol–water partition coefficient (Wildman–Crippen LogP) is 3.27. The van der Waals surface area contributed by atoms with Gasteiger partial charge in [-0.1, -0.05) is 12.1 Å². The summed E-state index contributed by atoms with van der Waals surface area (Å²) in [6.07, 6.45) is -4.52. The van der Waals surface area contributed by atoms with Crippen LogP contribution in [0.25, 0.3) is 0 Å². The molecule has 1 aliphatic rings. The van der Waals surface area contributed by atoms with Gasteiger partial charge in [0.25, 0.3) is 0 Å². The van der Waals surface area contributed by atoms with Crippen LogP contribution in [0.4, 0.5) is 18.9 Å². The van der Waals surface area contributed by atoms with Crippen LogP contribution in [0.5, 0.6) is 0 Å². The Labute approximate surface area is 179 Å². The minimum absolute atomic E-state index is 0.127. The van der Waals surface area contributed by atoms with Crippen LogP contribution in [0.1, 0.15) is 16.7 Å². The van der Waals surface area contributed by atoms with Gasteiger partial charge in [0.15, 0.2) is 0 Å². The van der Waals surface area contributed by atoms with Crippen molar-refractivity contribution in [1.29, 1.82) is 0 Å². The number of sulfonamides is 1. The summed E-state index contributed by atoms with van der Waals surface area (Å²) in [5.41, 5.74) is 1.91. The Kier molecular flexibility index (Phi) is 6.73. The maximum Gasteiger partial charge on any atom is 0.416 e. The van der Waals surface area contributed by atoms with E-state index in [1.165, 1.54) is 4.31 Å². The SMILES string of the molecule is Cc1cccc(NC(=O)CN2CCN(S(=O)(=O)c3ccc(C(F)(F)F)cc3)CC2)c1C. The third-order valence-corrected chi connectivity index (χ3v) is 7.31. The number of alkyl halides is 3. The molecule has 1 saturated heterocycles. The Hall–Kier alpha value is -2.43. The average molecular weight is 456 g/mol. The van der Waals surface area contributed by atoms with Crippen molar-refractivity contribution in [2.24, 2.45) is 0 Å². The highest BCUT2D eigenvalue weighted by Crippen LogP contribution is 2.30. The van der Waals surface area contributed by atoms with Gasteiger partial charge in [0.1, 0.15) is 0 Å². The summed E-state index contributed by atoms with van der Waals surface area (Å²) in [5, 5.41) is 2.88. The van der Waals surface area contributed by atoms with E-state index in [-0.39, 0.29) is 30.4 Å². The van der Waals surface area contributed by atoms with E-state index in [9.17, 15) is 26.4 Å². The molecule has 0 saturated carbocycles. The normalized spacial score (nSPS) is 16.3. The Morgan fingerprint density at radius 2 is 1.61 bits per heavy atom. The van der Waals surface area contributed by atoms with Crippen molar-refractivity contribution < 1.29 is 26.4 Å². The second kappa shape index (κ2) is 8.97. The highest BCUT2D eigenvalue weighted by atomic mass is 32.2. The highest BCUT2D eigenvalue weighted by Gasteiger charge is 2.32. The van der Waals surface area contributed by atoms with Crippen LogP contribution in [0, 0.1) is 13.8 Å². The van der Waals surface area contributed by atoms with E-state index in [2.05, 4.69) is 5.32 Å². The van der Waals surface area contributed by atoms with Gasteiger partial charge in [0.2, 0.25) is 15.9 Å². The van der Waals surface area contributed by atoms with Crippen LogP contribution in [0.3, 0.4) is 0 Å². The molecule has 168 valence electrons. The zero-order chi connectivity index (χ0) is 22.8. The average Bonchev–Trinajstić information content (AvgIpc) is 2.71. The van der Waals surface area contributed by atoms with Crippen molar-refractivity contribution in [1.82, 2.24) is 9.21 Å². The first kappa shape index (κ1) is 23.2. The van der Waals surface area contributed by atoms with Gasteiger partial charge in [-0.05, 0) is 55.3 Å². The number of piperazine rings is 1. The molecule has 0 unspecified atom stereocenters. The van der Waals surface area contributed by atoms with Gasteiger partial charge >= 0.3 is 6.18 Å². The third kappa shape index (κ3) is 5.44. The topological polar surface area (TPSA) is 69.7 Å². The molecule has 3 rings (SSSR count). The number of nitrogens with one attached hydrogen (secondary N) is 1. The van der Waals surface area contributed by atoms with Crippen molar-refractivity contribution >= 4 is 21.6 Å². The molecule has 1 aliphatic heterocycles. The largest absolute Gasteiger partial charge is 0.416 e. The quantitative estimate of drug-likeness (QED) is 0.752. The third-order valence-electron chi connectivity index (χ3n) is 5.40. The van der Waals surface area contributed by atoms with Crippen LogP contribution in [0.15, 0.2) is 47.4 Å². The summed E-state index contributed by atoms with van der Waals surface area (Å²) < 4.78 is 64.8. The summed E-state index contributed by atoms with van der Waals surface area (Å²) in [4.78, 5) is 14.0. The van der Waals surface area contributed by atoms with E-state index < -0.39 is 21.8 Å². The van der Waals surface area contributed by atoms with Gasteiger partial charge in [-0.3, -0.25) is 9.69 Å². The summed E-state index contributed by atoms with van der Waals surface area (Å²) in [6, 6.07) is 9.13. The zero-order valence-electron chi connectivity index (χ0n) is 17.2. The van der Waals surface area contributed by atoms with E-state index in [1.807, 2.05) is 36.9 Å². The van der Waals surface area contributed by atoms with Gasteiger partial charge < -0.3 is 5.32 Å². The van der Waals surface area contributed by atoms with E-state index in [1.54, 1.807) is 0 Å². The first-order valence-electron chi connectivity index (χ1n) is 9.74. The second-order valence-electron chi connectivity index (χ2n) is 7.50. The summed E-state index contributed by atoms with van der Waals surface area (Å²) in [5.74, 6) is -0.187. The molecule has 0 spiro atoms. The smallest absolute Gasteiger partial charge is 0.325 e. The molecular weight excluding hydrogens is 431 g/mol. The van der Waals surface area contributed by atoms with Gasteiger partial charge in [-0.2, -0.15) is 17.5 Å². The molecule has 10 heteroatoms. The molecule has 0 atom stereocenters. The van der Waals surface area contributed by atoms with Gasteiger partial charge in [-0.15, -0.1) is 0 Å². The van der Waals surface area contributed by atoms with Crippen molar-refractivity contribution in [2.75, 3.05) is 38.0 Å². The number of nitrogens with zero attached hydrogens (tertiary/aromatic N) is 2. The van der Waals surface area contributed by atoms with Gasteiger partial charge in [0.05, 0.1) is 17.0 Å². The number of rotatable bonds is 5. The Morgan fingerprint density at radius 1 is 1.00 bits per heavy atom. The summed E-state index contributed by atoms with van der Waals surface area (Å²) in [7, 11) is -3.90. The minimum Gasteiger partial charge on any atom is -0.325 e. The standard InChI is InChI=1S/C21H24F3N3O3S/c1-15-4-3-5-19(16(15)2)25-20(28)14-26-10-12-27(13-11-26)31(29,30)18-8-6-17(7-9-18)21(22,23)24/h3-9H,10-14H2,1-2H3,(H,25,28). The number of carbonyl (C=O) groups is 1. The maximum absolute atomic E-state index is 12.7. The molecule has 31 heavy (non-hydrogen) atoms. The monoisotopic (exact) mass is 455 g/mol.